The van der Waals surface area contributed by atoms with Crippen LogP contribution in [0.5, 0.6) is 0 Å². The summed E-state index contributed by atoms with van der Waals surface area (Å²) in [6.45, 7) is 3.14. The van der Waals surface area contributed by atoms with Crippen LogP contribution in [0.15, 0.2) is 6.20 Å². The fourth-order valence-electron chi connectivity index (χ4n) is 0.764. The van der Waals surface area contributed by atoms with Crippen LogP contribution in [-0.2, 0) is 6.54 Å². The van der Waals surface area contributed by atoms with E-state index in [1.165, 1.54) is 0 Å². The van der Waals surface area contributed by atoms with Gasteiger partial charge >= 0.3 is 0 Å². The zero-order chi connectivity index (χ0) is 8.27. The topological polar surface area (TPSA) is 82.8 Å². The highest BCUT2D eigenvalue weighted by atomic mass is 15.4. The van der Waals surface area contributed by atoms with Gasteiger partial charge in [0.25, 0.3) is 0 Å². The average molecular weight is 155 g/mol. The first-order chi connectivity index (χ1) is 5.24. The van der Waals surface area contributed by atoms with E-state index < -0.39 is 0 Å². The van der Waals surface area contributed by atoms with Crippen LogP contribution in [0.4, 0.5) is 0 Å². The van der Waals surface area contributed by atoms with E-state index in [0.29, 0.717) is 13.1 Å². The number of hydrogen-bond acceptors (Lipinski definition) is 4. The molecule has 0 spiro atoms. The van der Waals surface area contributed by atoms with Gasteiger partial charge in [0.05, 0.1) is 18.4 Å². The van der Waals surface area contributed by atoms with E-state index in [4.69, 9.17) is 11.5 Å². The number of nitrogens with zero attached hydrogens (tertiary/aromatic N) is 3. The second kappa shape index (κ2) is 3.45. The van der Waals surface area contributed by atoms with Crippen LogP contribution in [0.2, 0.25) is 0 Å². The van der Waals surface area contributed by atoms with Crippen molar-refractivity contribution in [3.05, 3.63) is 11.9 Å². The van der Waals surface area contributed by atoms with Crippen molar-refractivity contribution in [2.75, 3.05) is 6.54 Å². The molecule has 0 amide bonds. The third kappa shape index (κ3) is 1.99. The summed E-state index contributed by atoms with van der Waals surface area (Å²) >= 11 is 0. The molecule has 0 radical (unpaired) electrons. The van der Waals surface area contributed by atoms with Gasteiger partial charge in [-0.05, 0) is 6.92 Å². The van der Waals surface area contributed by atoms with Crippen molar-refractivity contribution in [3.63, 3.8) is 0 Å². The van der Waals surface area contributed by atoms with Crippen LogP contribution in [0, 0.1) is 0 Å². The average Bonchev–Trinajstić information content (AvgIpc) is 2.37. The van der Waals surface area contributed by atoms with E-state index in [1.54, 1.807) is 4.68 Å². The highest BCUT2D eigenvalue weighted by Crippen LogP contribution is 2.02. The summed E-state index contributed by atoms with van der Waals surface area (Å²) in [5, 5.41) is 7.70. The van der Waals surface area contributed by atoms with Crippen LogP contribution >= 0.6 is 0 Å². The molecule has 0 aliphatic heterocycles. The third-order valence-electron chi connectivity index (χ3n) is 1.38. The summed E-state index contributed by atoms with van der Waals surface area (Å²) in [5.41, 5.74) is 11.7. The molecule has 0 aromatic carbocycles. The van der Waals surface area contributed by atoms with E-state index >= 15 is 0 Å². The molecule has 1 atom stereocenters. The van der Waals surface area contributed by atoms with Gasteiger partial charge in [0.1, 0.15) is 0 Å². The summed E-state index contributed by atoms with van der Waals surface area (Å²) in [6.07, 6.45) is 1.82. The minimum atomic E-state index is -0.0541. The smallest absolute Gasteiger partial charge is 0.0991 e. The summed E-state index contributed by atoms with van der Waals surface area (Å²) < 4.78 is 1.69. The predicted molar refractivity (Wildman–Crippen MR) is 41.7 cm³/mol. The van der Waals surface area contributed by atoms with E-state index in [0.717, 1.165) is 5.69 Å². The molecule has 5 nitrogen and oxygen atoms in total. The Hall–Kier alpha value is -0.940. The van der Waals surface area contributed by atoms with Crippen molar-refractivity contribution < 1.29 is 0 Å². The minimum Gasteiger partial charge on any atom is -0.329 e. The van der Waals surface area contributed by atoms with Crippen LogP contribution in [0.25, 0.3) is 0 Å². The number of hydrogen-bond donors (Lipinski definition) is 2. The van der Waals surface area contributed by atoms with Crippen molar-refractivity contribution >= 4 is 0 Å². The molecule has 0 aliphatic rings. The van der Waals surface area contributed by atoms with Crippen molar-refractivity contribution in [1.29, 1.82) is 0 Å². The first-order valence-corrected chi connectivity index (χ1v) is 3.59. The van der Waals surface area contributed by atoms with E-state index in [1.807, 2.05) is 13.1 Å². The Labute approximate surface area is 65.4 Å². The van der Waals surface area contributed by atoms with Gasteiger partial charge in [0.2, 0.25) is 0 Å². The van der Waals surface area contributed by atoms with Gasteiger partial charge in [0, 0.05) is 12.6 Å². The Morgan fingerprint density at radius 2 is 2.45 bits per heavy atom. The van der Waals surface area contributed by atoms with Gasteiger partial charge in [-0.25, -0.2) is 0 Å². The molecule has 0 bridgehead atoms. The van der Waals surface area contributed by atoms with E-state index in [9.17, 15) is 0 Å². The fraction of sp³-hybridized carbons (Fsp3) is 0.667. The van der Waals surface area contributed by atoms with E-state index in [2.05, 4.69) is 10.3 Å². The molecule has 1 rings (SSSR count). The van der Waals surface area contributed by atoms with Crippen LogP contribution in [-0.4, -0.2) is 21.5 Å². The Bertz CT molecular complexity index is 217. The zero-order valence-electron chi connectivity index (χ0n) is 6.57. The molecule has 1 aromatic heterocycles. The molecule has 4 N–H and O–H groups in total. The van der Waals surface area contributed by atoms with Crippen molar-refractivity contribution in [2.24, 2.45) is 11.5 Å². The maximum absolute atomic E-state index is 5.58. The molecule has 1 aromatic rings. The Morgan fingerprint density at radius 3 is 2.91 bits per heavy atom. The van der Waals surface area contributed by atoms with Gasteiger partial charge in [-0.15, -0.1) is 5.10 Å². The monoisotopic (exact) mass is 155 g/mol. The molecule has 0 fully saturated rings. The number of aromatic nitrogens is 3. The van der Waals surface area contributed by atoms with Gasteiger partial charge in [-0.2, -0.15) is 0 Å². The fourth-order valence-corrected chi connectivity index (χ4v) is 0.764. The largest absolute Gasteiger partial charge is 0.329 e. The lowest BCUT2D eigenvalue weighted by Gasteiger charge is -1.96. The first kappa shape index (κ1) is 8.16. The predicted octanol–water partition coefficient (Wildman–Crippen LogP) is -0.743. The highest BCUT2D eigenvalue weighted by molar-refractivity contribution is 4.97. The number of nitrogens with two attached hydrogens (primary N) is 2. The molecule has 0 saturated heterocycles. The van der Waals surface area contributed by atoms with Gasteiger partial charge in [-0.1, -0.05) is 5.21 Å². The third-order valence-corrected chi connectivity index (χ3v) is 1.38. The second-order valence-electron chi connectivity index (χ2n) is 2.48. The van der Waals surface area contributed by atoms with Gasteiger partial charge in [-0.3, -0.25) is 4.68 Å². The van der Waals surface area contributed by atoms with Gasteiger partial charge in [0.15, 0.2) is 0 Å². The molecule has 0 unspecified atom stereocenters. The lowest BCUT2D eigenvalue weighted by Crippen LogP contribution is -2.10. The second-order valence-corrected chi connectivity index (χ2v) is 2.48. The minimum absolute atomic E-state index is 0.0541. The first-order valence-electron chi connectivity index (χ1n) is 3.59. The molecule has 0 aliphatic carbocycles. The van der Waals surface area contributed by atoms with Crippen molar-refractivity contribution in [2.45, 2.75) is 19.5 Å². The Kier molecular flexibility index (Phi) is 2.56. The standard InChI is InChI=1S/C6H13N5/c1-5(8)6-4-11(3-2-7)10-9-6/h4-5H,2-3,7-8H2,1H3/t5-/m1/s1. The molecule has 0 saturated carbocycles. The zero-order valence-corrected chi connectivity index (χ0v) is 6.57. The van der Waals surface area contributed by atoms with Crippen LogP contribution < -0.4 is 11.5 Å². The maximum Gasteiger partial charge on any atom is 0.0991 e. The Balaban J connectivity index is 2.66. The van der Waals surface area contributed by atoms with Crippen molar-refractivity contribution in [1.82, 2.24) is 15.0 Å². The lowest BCUT2D eigenvalue weighted by molar-refractivity contribution is 0.598. The lowest BCUT2D eigenvalue weighted by atomic mass is 10.3. The normalized spacial score (nSPS) is 13.4. The highest BCUT2D eigenvalue weighted by Gasteiger charge is 2.03. The number of rotatable bonds is 3. The SMILES string of the molecule is C[C@@H](N)c1cn(CCN)nn1. The molecule has 5 heteroatoms. The van der Waals surface area contributed by atoms with E-state index in [-0.39, 0.29) is 6.04 Å². The molecule has 11 heavy (non-hydrogen) atoms. The van der Waals surface area contributed by atoms with Crippen molar-refractivity contribution in [3.8, 4) is 0 Å². The van der Waals surface area contributed by atoms with Gasteiger partial charge < -0.3 is 11.5 Å². The molecular weight excluding hydrogens is 142 g/mol. The summed E-state index contributed by atoms with van der Waals surface area (Å²) in [5.74, 6) is 0. The Morgan fingerprint density at radius 1 is 1.73 bits per heavy atom. The quantitative estimate of drug-likeness (QED) is 0.602. The summed E-state index contributed by atoms with van der Waals surface area (Å²) in [6, 6.07) is -0.0541. The summed E-state index contributed by atoms with van der Waals surface area (Å²) in [4.78, 5) is 0. The van der Waals surface area contributed by atoms with Crippen LogP contribution in [0.1, 0.15) is 18.7 Å². The molecular formula is C6H13N5. The molecule has 1 heterocycles. The maximum atomic E-state index is 5.58. The van der Waals surface area contributed by atoms with Crippen LogP contribution in [0.3, 0.4) is 0 Å². The summed E-state index contributed by atoms with van der Waals surface area (Å²) in [7, 11) is 0. The molecule has 62 valence electrons.